The SMILES string of the molecule is CCCCCCCC1CCC2CC(C3CCC(C(=O)Oc4cc(F)c(Cl)c(F)c4)CC3)CCC2C1. The van der Waals surface area contributed by atoms with Gasteiger partial charge in [0.15, 0.2) is 0 Å². The molecule has 4 rings (SSSR count). The van der Waals surface area contributed by atoms with Crippen LogP contribution >= 0.6 is 11.6 Å². The predicted octanol–water partition coefficient (Wildman–Crippen LogP) is 9.52. The number of rotatable bonds is 9. The van der Waals surface area contributed by atoms with Crippen molar-refractivity contribution in [3.8, 4) is 5.75 Å². The highest BCUT2D eigenvalue weighted by atomic mass is 35.5. The van der Waals surface area contributed by atoms with Crippen LogP contribution in [0.4, 0.5) is 8.78 Å². The van der Waals surface area contributed by atoms with Crippen molar-refractivity contribution in [1.82, 2.24) is 0 Å². The predicted molar refractivity (Wildman–Crippen MR) is 137 cm³/mol. The van der Waals surface area contributed by atoms with E-state index in [-0.39, 0.29) is 17.6 Å². The van der Waals surface area contributed by atoms with Gasteiger partial charge in [0, 0.05) is 12.1 Å². The first kappa shape index (κ1) is 26.9. The summed E-state index contributed by atoms with van der Waals surface area (Å²) >= 11 is 5.52. The topological polar surface area (TPSA) is 26.3 Å². The van der Waals surface area contributed by atoms with Gasteiger partial charge in [0.2, 0.25) is 0 Å². The lowest BCUT2D eigenvalue weighted by molar-refractivity contribution is -0.140. The number of carbonyl (C=O) groups excluding carboxylic acids is 1. The molecular formula is C30H43ClF2O2. The number of fused-ring (bicyclic) bond motifs is 1. The van der Waals surface area contributed by atoms with Crippen molar-refractivity contribution in [1.29, 1.82) is 0 Å². The molecule has 35 heavy (non-hydrogen) atoms. The van der Waals surface area contributed by atoms with Crippen LogP contribution in [0, 0.1) is 47.1 Å². The highest BCUT2D eigenvalue weighted by molar-refractivity contribution is 6.30. The van der Waals surface area contributed by atoms with Gasteiger partial charge >= 0.3 is 5.97 Å². The van der Waals surface area contributed by atoms with Crippen LogP contribution in [0.5, 0.6) is 5.75 Å². The van der Waals surface area contributed by atoms with Crippen LogP contribution in [-0.2, 0) is 4.79 Å². The van der Waals surface area contributed by atoms with E-state index in [4.69, 9.17) is 16.3 Å². The second-order valence-corrected chi connectivity index (χ2v) is 12.1. The molecule has 0 aromatic heterocycles. The molecular weight excluding hydrogens is 466 g/mol. The van der Waals surface area contributed by atoms with E-state index in [1.807, 2.05) is 0 Å². The molecule has 196 valence electrons. The average molecular weight is 509 g/mol. The number of carbonyl (C=O) groups is 1. The van der Waals surface area contributed by atoms with Crippen LogP contribution < -0.4 is 4.74 Å². The number of esters is 1. The van der Waals surface area contributed by atoms with Crippen LogP contribution in [0.2, 0.25) is 5.02 Å². The first-order valence-corrected chi connectivity index (χ1v) is 14.7. The quantitative estimate of drug-likeness (QED) is 0.144. The van der Waals surface area contributed by atoms with Crippen molar-refractivity contribution in [2.24, 2.45) is 35.5 Å². The molecule has 3 aliphatic rings. The fourth-order valence-corrected chi connectivity index (χ4v) is 7.48. The third kappa shape index (κ3) is 7.21. The number of hydrogen-bond donors (Lipinski definition) is 0. The third-order valence-electron chi connectivity index (χ3n) is 9.43. The molecule has 1 aromatic carbocycles. The second kappa shape index (κ2) is 12.9. The molecule has 4 unspecified atom stereocenters. The number of ether oxygens (including phenoxy) is 1. The van der Waals surface area contributed by atoms with Crippen molar-refractivity contribution in [2.75, 3.05) is 0 Å². The molecule has 2 nitrogen and oxygen atoms in total. The molecule has 0 N–H and O–H groups in total. The van der Waals surface area contributed by atoms with Gasteiger partial charge in [0.1, 0.15) is 22.4 Å². The highest BCUT2D eigenvalue weighted by Gasteiger charge is 2.39. The summed E-state index contributed by atoms with van der Waals surface area (Å²) in [5, 5.41) is -0.573. The minimum Gasteiger partial charge on any atom is -0.426 e. The number of halogens is 3. The summed E-state index contributed by atoms with van der Waals surface area (Å²) in [6.07, 6.45) is 20.6. The third-order valence-corrected chi connectivity index (χ3v) is 9.79. The highest BCUT2D eigenvalue weighted by Crippen LogP contribution is 2.49. The minimum atomic E-state index is -0.908. The van der Waals surface area contributed by atoms with Gasteiger partial charge in [-0.3, -0.25) is 4.79 Å². The Bertz CT molecular complexity index is 813. The summed E-state index contributed by atoms with van der Waals surface area (Å²) in [5.41, 5.74) is 0. The van der Waals surface area contributed by atoms with Gasteiger partial charge in [-0.05, 0) is 87.4 Å². The van der Waals surface area contributed by atoms with Crippen molar-refractivity contribution in [2.45, 2.75) is 110 Å². The lowest BCUT2D eigenvalue weighted by Gasteiger charge is -2.45. The monoisotopic (exact) mass is 508 g/mol. The first-order valence-electron chi connectivity index (χ1n) is 14.3. The summed E-state index contributed by atoms with van der Waals surface area (Å²) < 4.78 is 32.6. The average Bonchev–Trinajstić information content (AvgIpc) is 2.87. The van der Waals surface area contributed by atoms with Gasteiger partial charge in [0.25, 0.3) is 0 Å². The fraction of sp³-hybridized carbons (Fsp3) is 0.767. The molecule has 3 fully saturated rings. The summed E-state index contributed by atoms with van der Waals surface area (Å²) in [6, 6.07) is 1.96. The zero-order valence-corrected chi connectivity index (χ0v) is 22.1. The van der Waals surface area contributed by atoms with E-state index in [9.17, 15) is 13.6 Å². The summed E-state index contributed by atoms with van der Waals surface area (Å²) in [7, 11) is 0. The van der Waals surface area contributed by atoms with Crippen LogP contribution in [0.3, 0.4) is 0 Å². The van der Waals surface area contributed by atoms with E-state index in [0.717, 1.165) is 61.5 Å². The van der Waals surface area contributed by atoms with Crippen molar-refractivity contribution in [3.05, 3.63) is 28.8 Å². The van der Waals surface area contributed by atoms with E-state index < -0.39 is 16.7 Å². The van der Waals surface area contributed by atoms with Crippen LogP contribution in [0.15, 0.2) is 12.1 Å². The maximum atomic E-state index is 13.7. The standard InChI is InChI=1S/C30H43ClF2O2/c1-2-3-4-5-6-7-20-8-9-25-17-24(15-14-23(25)16-20)21-10-12-22(13-11-21)30(34)35-26-18-27(32)29(31)28(33)19-26/h18-25H,2-17H2,1H3. The molecule has 0 heterocycles. The fourth-order valence-electron chi connectivity index (χ4n) is 7.37. The molecule has 0 amide bonds. The number of benzene rings is 1. The normalized spacial score (nSPS) is 31.1. The number of hydrogen-bond acceptors (Lipinski definition) is 2. The van der Waals surface area contributed by atoms with E-state index in [1.54, 1.807) is 0 Å². The molecule has 1 aromatic rings. The molecule has 3 saturated carbocycles. The van der Waals surface area contributed by atoms with Crippen LogP contribution in [0.25, 0.3) is 0 Å². The minimum absolute atomic E-state index is 0.105. The van der Waals surface area contributed by atoms with E-state index in [1.165, 1.54) is 77.0 Å². The number of unbranched alkanes of at least 4 members (excludes halogenated alkanes) is 4. The lowest BCUT2D eigenvalue weighted by atomic mass is 9.60. The maximum Gasteiger partial charge on any atom is 0.314 e. The van der Waals surface area contributed by atoms with Gasteiger partial charge in [-0.25, -0.2) is 8.78 Å². The van der Waals surface area contributed by atoms with Gasteiger partial charge in [-0.15, -0.1) is 0 Å². The largest absolute Gasteiger partial charge is 0.426 e. The van der Waals surface area contributed by atoms with Gasteiger partial charge < -0.3 is 4.74 Å². The Morgan fingerprint density at radius 2 is 1.40 bits per heavy atom. The lowest BCUT2D eigenvalue weighted by Crippen LogP contribution is -2.35. The summed E-state index contributed by atoms with van der Waals surface area (Å²) in [5.74, 6) is 1.88. The van der Waals surface area contributed by atoms with Crippen molar-refractivity contribution in [3.63, 3.8) is 0 Å². The van der Waals surface area contributed by atoms with Gasteiger partial charge in [0.05, 0.1) is 5.92 Å². The van der Waals surface area contributed by atoms with Gasteiger partial charge in [-0.2, -0.15) is 0 Å². The maximum absolute atomic E-state index is 13.7. The van der Waals surface area contributed by atoms with E-state index >= 15 is 0 Å². The Balaban J connectivity index is 1.18. The van der Waals surface area contributed by atoms with E-state index in [2.05, 4.69) is 6.92 Å². The molecule has 5 heteroatoms. The molecule has 0 bridgehead atoms. The first-order chi connectivity index (χ1) is 16.9. The van der Waals surface area contributed by atoms with Crippen molar-refractivity contribution < 1.29 is 18.3 Å². The van der Waals surface area contributed by atoms with Crippen LogP contribution in [0.1, 0.15) is 110 Å². The summed E-state index contributed by atoms with van der Waals surface area (Å²) in [6.45, 7) is 2.28. The Morgan fingerprint density at radius 1 is 0.829 bits per heavy atom. The van der Waals surface area contributed by atoms with Gasteiger partial charge in [-0.1, -0.05) is 63.5 Å². The Kier molecular flexibility index (Phi) is 9.90. The van der Waals surface area contributed by atoms with E-state index in [0.29, 0.717) is 5.92 Å². The molecule has 4 atom stereocenters. The van der Waals surface area contributed by atoms with Crippen LogP contribution in [-0.4, -0.2) is 5.97 Å². The summed E-state index contributed by atoms with van der Waals surface area (Å²) in [4.78, 5) is 12.6. The Labute approximate surface area is 215 Å². The Morgan fingerprint density at radius 3 is 2.09 bits per heavy atom. The second-order valence-electron chi connectivity index (χ2n) is 11.7. The molecule has 0 spiro atoms. The zero-order chi connectivity index (χ0) is 24.8. The smallest absolute Gasteiger partial charge is 0.314 e. The molecule has 0 radical (unpaired) electrons. The molecule has 0 saturated heterocycles. The van der Waals surface area contributed by atoms with Crippen molar-refractivity contribution >= 4 is 17.6 Å². The Hall–Kier alpha value is -1.16. The molecule has 0 aliphatic heterocycles. The molecule has 3 aliphatic carbocycles. The zero-order valence-electron chi connectivity index (χ0n) is 21.4.